The third-order valence-corrected chi connectivity index (χ3v) is 2.59. The maximum Gasteiger partial charge on any atom is 0.133 e. The van der Waals surface area contributed by atoms with Crippen molar-refractivity contribution < 1.29 is 4.79 Å². The number of hydrogen-bond acceptors (Lipinski definition) is 1. The van der Waals surface area contributed by atoms with Crippen LogP contribution in [0.2, 0.25) is 0 Å². The molecule has 0 aliphatic heterocycles. The molecule has 0 radical (unpaired) electrons. The van der Waals surface area contributed by atoms with Crippen LogP contribution >= 0.6 is 15.9 Å². The molecule has 0 rings (SSSR count). The zero-order valence-corrected chi connectivity index (χ0v) is 7.52. The first-order valence-corrected chi connectivity index (χ1v) is 4.27. The minimum absolute atomic E-state index is 0.0625. The van der Waals surface area contributed by atoms with E-state index in [1.807, 2.05) is 0 Å². The minimum atomic E-state index is 0.0625. The maximum absolute atomic E-state index is 10.2. The van der Waals surface area contributed by atoms with Gasteiger partial charge in [-0.2, -0.15) is 0 Å². The summed E-state index contributed by atoms with van der Waals surface area (Å²) in [7, 11) is 0. The van der Waals surface area contributed by atoms with E-state index in [1.165, 1.54) is 0 Å². The topological polar surface area (TPSA) is 17.1 Å². The molecule has 9 heavy (non-hydrogen) atoms. The van der Waals surface area contributed by atoms with E-state index in [4.69, 9.17) is 0 Å². The molecule has 1 nitrogen and oxygen atoms in total. The number of carbonyl (C=O) groups is 1. The number of alkyl halides is 1. The average Bonchev–Trinajstić information content (AvgIpc) is 1.90. The smallest absolute Gasteiger partial charge is 0.133 e. The Labute approximate surface area is 65.0 Å². The third kappa shape index (κ3) is 2.99. The summed E-state index contributed by atoms with van der Waals surface area (Å²) in [5, 5.41) is 0. The largest absolute Gasteiger partial charge is 0.302 e. The molecule has 0 aliphatic carbocycles. The summed E-state index contributed by atoms with van der Waals surface area (Å²) in [5.41, 5.74) is 0. The molecule has 54 valence electrons. The van der Waals surface area contributed by atoms with E-state index in [9.17, 15) is 4.79 Å². The molecule has 0 fully saturated rings. The first-order chi connectivity index (χ1) is 4.26. The van der Waals surface area contributed by atoms with E-state index in [0.29, 0.717) is 5.92 Å². The summed E-state index contributed by atoms with van der Waals surface area (Å²) in [6.07, 6.45) is 3.12. The third-order valence-electron chi connectivity index (χ3n) is 1.63. The van der Waals surface area contributed by atoms with Crippen LogP contribution in [0.1, 0.15) is 26.7 Å². The van der Waals surface area contributed by atoms with Gasteiger partial charge in [0.05, 0.1) is 4.83 Å². The molecular formula is C7H13BrO. The molecule has 0 aromatic carbocycles. The van der Waals surface area contributed by atoms with Gasteiger partial charge in [0.25, 0.3) is 0 Å². The van der Waals surface area contributed by atoms with Crippen molar-refractivity contribution in [3.8, 4) is 0 Å². The number of halogens is 1. The zero-order valence-electron chi connectivity index (χ0n) is 5.93. The summed E-state index contributed by atoms with van der Waals surface area (Å²) in [6, 6.07) is 0. The summed E-state index contributed by atoms with van der Waals surface area (Å²) in [6.45, 7) is 4.21. The molecule has 1 unspecified atom stereocenters. The molecule has 0 bridgehead atoms. The van der Waals surface area contributed by atoms with E-state index < -0.39 is 0 Å². The highest BCUT2D eigenvalue weighted by Gasteiger charge is 2.12. The Hall–Kier alpha value is 0.150. The van der Waals surface area contributed by atoms with E-state index in [1.54, 1.807) is 0 Å². The summed E-state index contributed by atoms with van der Waals surface area (Å²) in [5.74, 6) is 0.516. The van der Waals surface area contributed by atoms with Crippen LogP contribution < -0.4 is 0 Å². The van der Waals surface area contributed by atoms with E-state index >= 15 is 0 Å². The Morgan fingerprint density at radius 3 is 2.00 bits per heavy atom. The molecule has 2 heteroatoms. The van der Waals surface area contributed by atoms with Gasteiger partial charge < -0.3 is 4.79 Å². The average molecular weight is 193 g/mol. The highest BCUT2D eigenvalue weighted by Crippen LogP contribution is 2.17. The second-order valence-corrected chi connectivity index (χ2v) is 3.21. The quantitative estimate of drug-likeness (QED) is 0.494. The van der Waals surface area contributed by atoms with Gasteiger partial charge in [-0.25, -0.2) is 0 Å². The van der Waals surface area contributed by atoms with Crippen LogP contribution in [0, 0.1) is 5.92 Å². The van der Waals surface area contributed by atoms with Crippen molar-refractivity contribution in [3.05, 3.63) is 0 Å². The molecular weight excluding hydrogens is 180 g/mol. The van der Waals surface area contributed by atoms with Crippen LogP contribution in [0.5, 0.6) is 0 Å². The fraction of sp³-hybridized carbons (Fsp3) is 0.857. The number of hydrogen-bond donors (Lipinski definition) is 0. The lowest BCUT2D eigenvalue weighted by molar-refractivity contribution is -0.108. The fourth-order valence-corrected chi connectivity index (χ4v) is 1.60. The molecule has 0 saturated carbocycles. The standard InChI is InChI=1S/C7H13BrO/c1-3-6(4-2)7(8)5-9/h5-7H,3-4H2,1-2H3. The SMILES string of the molecule is CCC(CC)C(Br)C=O. The van der Waals surface area contributed by atoms with Crippen LogP contribution in [0.25, 0.3) is 0 Å². The molecule has 1 atom stereocenters. The first kappa shape index (κ1) is 9.15. The van der Waals surface area contributed by atoms with Gasteiger partial charge in [-0.05, 0) is 5.92 Å². The van der Waals surface area contributed by atoms with Crippen LogP contribution in [-0.4, -0.2) is 11.1 Å². The predicted octanol–water partition coefficient (Wildman–Crippen LogP) is 2.39. The lowest BCUT2D eigenvalue weighted by atomic mass is 10.0. The van der Waals surface area contributed by atoms with E-state index in [-0.39, 0.29) is 4.83 Å². The minimum Gasteiger partial charge on any atom is -0.302 e. The van der Waals surface area contributed by atoms with Gasteiger partial charge in [-0.3, -0.25) is 0 Å². The Kier molecular flexibility index (Phi) is 5.06. The Bertz CT molecular complexity index is 79.0. The molecule has 0 spiro atoms. The van der Waals surface area contributed by atoms with Crippen molar-refractivity contribution in [2.24, 2.45) is 5.92 Å². The van der Waals surface area contributed by atoms with Crippen LogP contribution in [0.4, 0.5) is 0 Å². The molecule has 0 heterocycles. The Morgan fingerprint density at radius 1 is 1.44 bits per heavy atom. The lowest BCUT2D eigenvalue weighted by Gasteiger charge is -2.12. The fourth-order valence-electron chi connectivity index (χ4n) is 0.850. The van der Waals surface area contributed by atoms with E-state index in [0.717, 1.165) is 19.1 Å². The predicted molar refractivity (Wildman–Crippen MR) is 42.9 cm³/mol. The summed E-state index contributed by atoms with van der Waals surface area (Å²) in [4.78, 5) is 10.3. The highest BCUT2D eigenvalue weighted by atomic mass is 79.9. The summed E-state index contributed by atoms with van der Waals surface area (Å²) < 4.78 is 0. The van der Waals surface area contributed by atoms with Crippen molar-refractivity contribution in [2.45, 2.75) is 31.5 Å². The zero-order chi connectivity index (χ0) is 7.28. The molecule has 0 saturated heterocycles. The molecule has 0 aromatic heterocycles. The second-order valence-electron chi connectivity index (χ2n) is 2.16. The van der Waals surface area contributed by atoms with Gasteiger partial charge in [0.15, 0.2) is 0 Å². The van der Waals surface area contributed by atoms with Crippen molar-refractivity contribution in [1.29, 1.82) is 0 Å². The van der Waals surface area contributed by atoms with Crippen LogP contribution in [-0.2, 0) is 4.79 Å². The van der Waals surface area contributed by atoms with Gasteiger partial charge in [-0.15, -0.1) is 0 Å². The van der Waals surface area contributed by atoms with Crippen LogP contribution in [0.15, 0.2) is 0 Å². The van der Waals surface area contributed by atoms with Crippen molar-refractivity contribution >= 4 is 22.2 Å². The normalized spacial score (nSPS) is 13.8. The van der Waals surface area contributed by atoms with Crippen LogP contribution in [0.3, 0.4) is 0 Å². The Morgan fingerprint density at radius 2 is 1.89 bits per heavy atom. The van der Waals surface area contributed by atoms with Gasteiger partial charge in [0.1, 0.15) is 6.29 Å². The highest BCUT2D eigenvalue weighted by molar-refractivity contribution is 9.09. The van der Waals surface area contributed by atoms with Gasteiger partial charge >= 0.3 is 0 Å². The number of carbonyl (C=O) groups excluding carboxylic acids is 1. The molecule has 0 aromatic rings. The number of aldehydes is 1. The Balaban J connectivity index is 3.63. The van der Waals surface area contributed by atoms with Crippen molar-refractivity contribution in [1.82, 2.24) is 0 Å². The molecule has 0 amide bonds. The van der Waals surface area contributed by atoms with E-state index in [2.05, 4.69) is 29.8 Å². The molecule has 0 N–H and O–H groups in total. The van der Waals surface area contributed by atoms with Crippen molar-refractivity contribution in [3.63, 3.8) is 0 Å². The monoisotopic (exact) mass is 192 g/mol. The number of rotatable bonds is 4. The van der Waals surface area contributed by atoms with Crippen molar-refractivity contribution in [2.75, 3.05) is 0 Å². The van der Waals surface area contributed by atoms with Gasteiger partial charge in [-0.1, -0.05) is 42.6 Å². The maximum atomic E-state index is 10.2. The van der Waals surface area contributed by atoms with Gasteiger partial charge in [0.2, 0.25) is 0 Å². The summed E-state index contributed by atoms with van der Waals surface area (Å²) >= 11 is 3.30. The first-order valence-electron chi connectivity index (χ1n) is 3.35. The second kappa shape index (κ2) is 4.98. The molecule has 0 aliphatic rings. The lowest BCUT2D eigenvalue weighted by Crippen LogP contribution is -2.13. The van der Waals surface area contributed by atoms with Gasteiger partial charge in [0, 0.05) is 0 Å².